The monoisotopic (exact) mass is 242 g/mol. The summed E-state index contributed by atoms with van der Waals surface area (Å²) in [7, 11) is 0. The number of hydrogen-bond donors (Lipinski definition) is 2. The minimum absolute atomic E-state index is 0.552. The fourth-order valence-corrected chi connectivity index (χ4v) is 2.74. The zero-order valence-electron chi connectivity index (χ0n) is 11.8. The van der Waals surface area contributed by atoms with Crippen LogP contribution in [0.2, 0.25) is 0 Å². The summed E-state index contributed by atoms with van der Waals surface area (Å²) in [4.78, 5) is 2.54. The molecule has 1 rings (SSSR count). The Morgan fingerprint density at radius 2 is 1.94 bits per heavy atom. The van der Waals surface area contributed by atoms with Crippen molar-refractivity contribution in [3.63, 3.8) is 0 Å². The first kappa shape index (κ1) is 14.9. The van der Waals surface area contributed by atoms with Crippen LogP contribution in [0.5, 0.6) is 0 Å². The number of nitrogens with zero attached hydrogens (tertiary/aromatic N) is 1. The van der Waals surface area contributed by atoms with E-state index in [-0.39, 0.29) is 0 Å². The molecule has 0 saturated carbocycles. The number of aliphatic hydroxyl groups is 1. The standard InChI is InChI=1S/C14H30N2O/c1-13(2)11-14(3,17)12-15-7-6-10-16-8-4-5-9-16/h13,15,17H,4-12H2,1-3H3. The van der Waals surface area contributed by atoms with Crippen molar-refractivity contribution < 1.29 is 5.11 Å². The molecule has 1 fully saturated rings. The summed E-state index contributed by atoms with van der Waals surface area (Å²) in [6, 6.07) is 0. The number of nitrogens with one attached hydrogen (secondary N) is 1. The fraction of sp³-hybridized carbons (Fsp3) is 1.00. The van der Waals surface area contributed by atoms with E-state index in [1.54, 1.807) is 0 Å². The van der Waals surface area contributed by atoms with E-state index in [4.69, 9.17) is 0 Å². The Hall–Kier alpha value is -0.120. The molecule has 1 saturated heterocycles. The Labute approximate surface area is 107 Å². The lowest BCUT2D eigenvalue weighted by molar-refractivity contribution is 0.0386. The van der Waals surface area contributed by atoms with Gasteiger partial charge in [-0.2, -0.15) is 0 Å². The quantitative estimate of drug-likeness (QED) is 0.638. The van der Waals surface area contributed by atoms with Crippen LogP contribution < -0.4 is 5.32 Å². The van der Waals surface area contributed by atoms with Gasteiger partial charge in [0.25, 0.3) is 0 Å². The summed E-state index contributed by atoms with van der Waals surface area (Å²) >= 11 is 0. The molecule has 3 nitrogen and oxygen atoms in total. The van der Waals surface area contributed by atoms with Crippen LogP contribution in [0.4, 0.5) is 0 Å². The van der Waals surface area contributed by atoms with Crippen molar-refractivity contribution in [1.82, 2.24) is 10.2 Å². The van der Waals surface area contributed by atoms with E-state index in [2.05, 4.69) is 24.1 Å². The van der Waals surface area contributed by atoms with Crippen LogP contribution in [0.3, 0.4) is 0 Å². The van der Waals surface area contributed by atoms with Crippen molar-refractivity contribution in [3.05, 3.63) is 0 Å². The Kier molecular flexibility index (Phi) is 6.45. The number of hydrogen-bond acceptors (Lipinski definition) is 3. The molecular weight excluding hydrogens is 212 g/mol. The van der Waals surface area contributed by atoms with Crippen LogP contribution >= 0.6 is 0 Å². The van der Waals surface area contributed by atoms with Gasteiger partial charge in [-0.1, -0.05) is 13.8 Å². The summed E-state index contributed by atoms with van der Waals surface area (Å²) in [5.74, 6) is 0.552. The van der Waals surface area contributed by atoms with Crippen LogP contribution in [-0.2, 0) is 0 Å². The summed E-state index contributed by atoms with van der Waals surface area (Å²) in [5.41, 5.74) is -0.554. The summed E-state index contributed by atoms with van der Waals surface area (Å²) in [5, 5.41) is 13.5. The average Bonchev–Trinajstić information content (AvgIpc) is 2.67. The molecule has 1 heterocycles. The SMILES string of the molecule is CC(C)CC(C)(O)CNCCCN1CCCC1. The molecule has 1 aliphatic rings. The highest BCUT2D eigenvalue weighted by Gasteiger charge is 2.20. The Morgan fingerprint density at radius 3 is 2.53 bits per heavy atom. The minimum atomic E-state index is -0.554. The largest absolute Gasteiger partial charge is 0.389 e. The molecule has 1 unspecified atom stereocenters. The van der Waals surface area contributed by atoms with Gasteiger partial charge >= 0.3 is 0 Å². The van der Waals surface area contributed by atoms with Crippen LogP contribution in [0.1, 0.15) is 46.5 Å². The maximum absolute atomic E-state index is 10.1. The van der Waals surface area contributed by atoms with Crippen LogP contribution in [0.25, 0.3) is 0 Å². The molecule has 0 bridgehead atoms. The molecule has 0 radical (unpaired) electrons. The Morgan fingerprint density at radius 1 is 1.29 bits per heavy atom. The van der Waals surface area contributed by atoms with Crippen LogP contribution in [0.15, 0.2) is 0 Å². The predicted octanol–water partition coefficient (Wildman–Crippen LogP) is 1.86. The molecular formula is C14H30N2O. The highest BCUT2D eigenvalue weighted by molar-refractivity contribution is 4.77. The lowest BCUT2D eigenvalue weighted by Crippen LogP contribution is -2.39. The third-order valence-corrected chi connectivity index (χ3v) is 3.38. The first-order valence-electron chi connectivity index (χ1n) is 7.15. The highest BCUT2D eigenvalue weighted by atomic mass is 16.3. The normalized spacial score (nSPS) is 21.0. The average molecular weight is 242 g/mol. The van der Waals surface area contributed by atoms with Gasteiger partial charge in [-0.3, -0.25) is 0 Å². The Bertz CT molecular complexity index is 198. The van der Waals surface area contributed by atoms with Gasteiger partial charge in [0.2, 0.25) is 0 Å². The van der Waals surface area contributed by atoms with Crippen molar-refractivity contribution in [2.45, 2.75) is 52.1 Å². The van der Waals surface area contributed by atoms with Gasteiger partial charge in [0.15, 0.2) is 0 Å². The third kappa shape index (κ3) is 7.02. The molecule has 3 heteroatoms. The Balaban J connectivity index is 1.99. The van der Waals surface area contributed by atoms with Gasteiger partial charge in [-0.25, -0.2) is 0 Å². The second kappa shape index (κ2) is 7.34. The van der Waals surface area contributed by atoms with E-state index in [1.807, 2.05) is 6.92 Å². The second-order valence-corrected chi connectivity index (χ2v) is 6.17. The zero-order valence-corrected chi connectivity index (χ0v) is 11.8. The smallest absolute Gasteiger partial charge is 0.0746 e. The summed E-state index contributed by atoms with van der Waals surface area (Å²) in [6.07, 6.45) is 4.80. The lowest BCUT2D eigenvalue weighted by Gasteiger charge is -2.26. The predicted molar refractivity (Wildman–Crippen MR) is 73.2 cm³/mol. The van der Waals surface area contributed by atoms with Gasteiger partial charge in [-0.15, -0.1) is 0 Å². The highest BCUT2D eigenvalue weighted by Crippen LogP contribution is 2.15. The number of likely N-dealkylation sites (tertiary alicyclic amines) is 1. The van der Waals surface area contributed by atoms with Crippen molar-refractivity contribution in [1.29, 1.82) is 0 Å². The van der Waals surface area contributed by atoms with Crippen LogP contribution in [0, 0.1) is 5.92 Å². The molecule has 2 N–H and O–H groups in total. The molecule has 0 spiro atoms. The van der Waals surface area contributed by atoms with E-state index < -0.39 is 5.60 Å². The van der Waals surface area contributed by atoms with Gasteiger partial charge in [0, 0.05) is 6.54 Å². The van der Waals surface area contributed by atoms with E-state index in [0.29, 0.717) is 12.5 Å². The van der Waals surface area contributed by atoms with Crippen molar-refractivity contribution >= 4 is 0 Å². The topological polar surface area (TPSA) is 35.5 Å². The molecule has 102 valence electrons. The summed E-state index contributed by atoms with van der Waals surface area (Å²) < 4.78 is 0. The molecule has 0 aromatic rings. The lowest BCUT2D eigenvalue weighted by atomic mass is 9.94. The van der Waals surface area contributed by atoms with Gasteiger partial charge < -0.3 is 15.3 Å². The van der Waals surface area contributed by atoms with Gasteiger partial charge in [0.05, 0.1) is 5.60 Å². The van der Waals surface area contributed by atoms with Gasteiger partial charge in [0.1, 0.15) is 0 Å². The molecule has 1 aliphatic heterocycles. The fourth-order valence-electron chi connectivity index (χ4n) is 2.74. The van der Waals surface area contributed by atoms with Crippen LogP contribution in [-0.4, -0.2) is 48.3 Å². The summed E-state index contributed by atoms with van der Waals surface area (Å²) in [6.45, 7) is 11.7. The molecule has 0 aliphatic carbocycles. The third-order valence-electron chi connectivity index (χ3n) is 3.38. The second-order valence-electron chi connectivity index (χ2n) is 6.17. The van der Waals surface area contributed by atoms with Crippen molar-refractivity contribution in [2.24, 2.45) is 5.92 Å². The maximum Gasteiger partial charge on any atom is 0.0746 e. The molecule has 17 heavy (non-hydrogen) atoms. The molecule has 0 aromatic heterocycles. The molecule has 0 amide bonds. The molecule has 1 atom stereocenters. The van der Waals surface area contributed by atoms with E-state index >= 15 is 0 Å². The maximum atomic E-state index is 10.1. The molecule has 0 aromatic carbocycles. The first-order chi connectivity index (χ1) is 7.99. The first-order valence-corrected chi connectivity index (χ1v) is 7.15. The number of rotatable bonds is 8. The van der Waals surface area contributed by atoms with E-state index in [9.17, 15) is 5.11 Å². The zero-order chi connectivity index (χ0) is 12.7. The van der Waals surface area contributed by atoms with Crippen molar-refractivity contribution in [2.75, 3.05) is 32.7 Å². The van der Waals surface area contributed by atoms with E-state index in [1.165, 1.54) is 38.9 Å². The van der Waals surface area contributed by atoms with Gasteiger partial charge in [-0.05, 0) is 64.7 Å². The minimum Gasteiger partial charge on any atom is -0.389 e. The van der Waals surface area contributed by atoms with Crippen molar-refractivity contribution in [3.8, 4) is 0 Å². The van der Waals surface area contributed by atoms with E-state index in [0.717, 1.165) is 13.0 Å².